The molecule has 0 unspecified atom stereocenters. The lowest BCUT2D eigenvalue weighted by molar-refractivity contribution is 0.0938. The second-order valence-electron chi connectivity index (χ2n) is 5.77. The SMILES string of the molecule is Nc1ncnc2c1c(I)cn2C1CC(N2CCSCC2)C1. The van der Waals surface area contributed by atoms with E-state index >= 15 is 0 Å². The lowest BCUT2D eigenvalue weighted by atomic mass is 9.85. The van der Waals surface area contributed by atoms with Gasteiger partial charge in [0.25, 0.3) is 0 Å². The van der Waals surface area contributed by atoms with Crippen LogP contribution in [0.25, 0.3) is 11.0 Å². The number of nitrogens with zero attached hydrogens (tertiary/aromatic N) is 4. The Labute approximate surface area is 141 Å². The topological polar surface area (TPSA) is 60.0 Å². The van der Waals surface area contributed by atoms with Gasteiger partial charge in [0.15, 0.2) is 0 Å². The van der Waals surface area contributed by atoms with Gasteiger partial charge < -0.3 is 10.3 Å². The summed E-state index contributed by atoms with van der Waals surface area (Å²) in [6.07, 6.45) is 6.22. The van der Waals surface area contributed by atoms with Crippen LogP contribution in [0.5, 0.6) is 0 Å². The molecule has 0 bridgehead atoms. The van der Waals surface area contributed by atoms with Crippen molar-refractivity contribution in [3.63, 3.8) is 0 Å². The Kier molecular flexibility index (Phi) is 3.74. The van der Waals surface area contributed by atoms with Gasteiger partial charge in [-0.1, -0.05) is 0 Å². The molecule has 7 heteroatoms. The first-order valence-corrected chi connectivity index (χ1v) is 9.55. The van der Waals surface area contributed by atoms with Crippen molar-refractivity contribution >= 4 is 51.2 Å². The van der Waals surface area contributed by atoms with Crippen LogP contribution >= 0.6 is 34.4 Å². The predicted octanol–water partition coefficient (Wildman–Crippen LogP) is 2.37. The fourth-order valence-electron chi connectivity index (χ4n) is 3.37. The summed E-state index contributed by atoms with van der Waals surface area (Å²) in [6.45, 7) is 2.50. The van der Waals surface area contributed by atoms with Crippen LogP contribution in [0.2, 0.25) is 0 Å². The van der Waals surface area contributed by atoms with E-state index in [0.29, 0.717) is 11.9 Å². The van der Waals surface area contributed by atoms with Gasteiger partial charge >= 0.3 is 0 Å². The van der Waals surface area contributed by atoms with Crippen molar-refractivity contribution in [2.45, 2.75) is 24.9 Å². The Hall–Kier alpha value is -0.540. The van der Waals surface area contributed by atoms with Crippen LogP contribution in [0.4, 0.5) is 5.82 Å². The van der Waals surface area contributed by atoms with E-state index in [2.05, 4.69) is 60.0 Å². The number of hydrogen-bond acceptors (Lipinski definition) is 5. The molecule has 4 rings (SSSR count). The average molecular weight is 415 g/mol. The summed E-state index contributed by atoms with van der Waals surface area (Å²) in [4.78, 5) is 11.2. The Morgan fingerprint density at radius 3 is 2.71 bits per heavy atom. The summed E-state index contributed by atoms with van der Waals surface area (Å²) in [5, 5.41) is 1.01. The monoisotopic (exact) mass is 415 g/mol. The van der Waals surface area contributed by atoms with Gasteiger partial charge in [0.2, 0.25) is 0 Å². The fourth-order valence-corrected chi connectivity index (χ4v) is 5.12. The normalized spacial score (nSPS) is 26.9. The van der Waals surface area contributed by atoms with Gasteiger partial charge in [0.05, 0.1) is 5.39 Å². The van der Waals surface area contributed by atoms with Crippen molar-refractivity contribution < 1.29 is 0 Å². The Bertz CT molecular complexity index is 661. The number of anilines is 1. The van der Waals surface area contributed by atoms with Crippen molar-refractivity contribution in [3.05, 3.63) is 16.1 Å². The van der Waals surface area contributed by atoms with Crippen molar-refractivity contribution in [2.75, 3.05) is 30.3 Å². The molecule has 0 radical (unpaired) electrons. The maximum Gasteiger partial charge on any atom is 0.146 e. The Morgan fingerprint density at radius 2 is 1.95 bits per heavy atom. The number of rotatable bonds is 2. The molecule has 3 heterocycles. The number of fused-ring (bicyclic) bond motifs is 1. The highest BCUT2D eigenvalue weighted by Gasteiger charge is 2.36. The summed E-state index contributed by atoms with van der Waals surface area (Å²) >= 11 is 4.41. The largest absolute Gasteiger partial charge is 0.383 e. The number of thioether (sulfide) groups is 1. The minimum atomic E-state index is 0.560. The molecule has 112 valence electrons. The Morgan fingerprint density at radius 1 is 1.19 bits per heavy atom. The third kappa shape index (κ3) is 2.43. The molecule has 0 atom stereocenters. The summed E-state index contributed by atoms with van der Waals surface area (Å²) < 4.78 is 3.46. The van der Waals surface area contributed by atoms with Gasteiger partial charge in [-0.05, 0) is 35.4 Å². The van der Waals surface area contributed by atoms with Gasteiger partial charge in [-0.3, -0.25) is 4.90 Å². The van der Waals surface area contributed by atoms with Crippen LogP contribution in [0, 0.1) is 3.57 Å². The van der Waals surface area contributed by atoms with Crippen molar-refractivity contribution in [1.29, 1.82) is 0 Å². The van der Waals surface area contributed by atoms with Crippen molar-refractivity contribution in [2.24, 2.45) is 0 Å². The highest BCUT2D eigenvalue weighted by Crippen LogP contribution is 2.40. The second-order valence-corrected chi connectivity index (χ2v) is 8.16. The molecular weight excluding hydrogens is 397 g/mol. The lowest BCUT2D eigenvalue weighted by Gasteiger charge is -2.45. The first-order valence-electron chi connectivity index (χ1n) is 7.32. The maximum atomic E-state index is 5.99. The lowest BCUT2D eigenvalue weighted by Crippen LogP contribution is -2.48. The molecule has 21 heavy (non-hydrogen) atoms. The third-order valence-corrected chi connectivity index (χ3v) is 6.40. The summed E-state index contributed by atoms with van der Waals surface area (Å²) in [5.41, 5.74) is 6.98. The number of hydrogen-bond donors (Lipinski definition) is 1. The quantitative estimate of drug-likeness (QED) is 0.764. The molecule has 1 saturated heterocycles. The summed E-state index contributed by atoms with van der Waals surface area (Å²) in [5.74, 6) is 3.16. The van der Waals surface area contributed by atoms with E-state index < -0.39 is 0 Å². The summed E-state index contributed by atoms with van der Waals surface area (Å²) in [7, 11) is 0. The van der Waals surface area contributed by atoms with Crippen LogP contribution in [0.15, 0.2) is 12.5 Å². The first kappa shape index (κ1) is 14.1. The second kappa shape index (κ2) is 5.58. The molecular formula is C14H18IN5S. The van der Waals surface area contributed by atoms with Crippen LogP contribution in [-0.4, -0.2) is 50.1 Å². The molecule has 2 aromatic heterocycles. The van der Waals surface area contributed by atoms with Gasteiger partial charge in [-0.15, -0.1) is 0 Å². The van der Waals surface area contributed by atoms with E-state index in [1.54, 1.807) is 6.33 Å². The smallest absolute Gasteiger partial charge is 0.146 e. The molecule has 2 aliphatic rings. The van der Waals surface area contributed by atoms with E-state index in [9.17, 15) is 0 Å². The molecule has 1 saturated carbocycles. The Balaban J connectivity index is 1.55. The van der Waals surface area contributed by atoms with E-state index in [-0.39, 0.29) is 0 Å². The molecule has 0 amide bonds. The highest BCUT2D eigenvalue weighted by molar-refractivity contribution is 14.1. The van der Waals surface area contributed by atoms with Crippen LogP contribution in [0.1, 0.15) is 18.9 Å². The van der Waals surface area contributed by atoms with Crippen LogP contribution in [0.3, 0.4) is 0 Å². The molecule has 0 aromatic carbocycles. The first-order chi connectivity index (χ1) is 10.2. The maximum absolute atomic E-state index is 5.99. The number of nitrogen functional groups attached to an aromatic ring is 1. The number of nitrogens with two attached hydrogens (primary N) is 1. The van der Waals surface area contributed by atoms with Crippen molar-refractivity contribution in [3.8, 4) is 0 Å². The highest BCUT2D eigenvalue weighted by atomic mass is 127. The van der Waals surface area contributed by atoms with Gasteiger partial charge in [0, 0.05) is 46.4 Å². The van der Waals surface area contributed by atoms with E-state index in [1.807, 2.05) is 0 Å². The molecule has 1 aliphatic carbocycles. The molecule has 0 spiro atoms. The van der Waals surface area contributed by atoms with E-state index in [4.69, 9.17) is 5.73 Å². The minimum Gasteiger partial charge on any atom is -0.383 e. The molecule has 5 nitrogen and oxygen atoms in total. The zero-order chi connectivity index (χ0) is 14.4. The minimum absolute atomic E-state index is 0.560. The number of halogens is 1. The van der Waals surface area contributed by atoms with Gasteiger partial charge in [0.1, 0.15) is 17.8 Å². The fraction of sp³-hybridized carbons (Fsp3) is 0.571. The van der Waals surface area contributed by atoms with Gasteiger partial charge in [-0.2, -0.15) is 11.8 Å². The third-order valence-electron chi connectivity index (χ3n) is 4.64. The average Bonchev–Trinajstić information content (AvgIpc) is 2.77. The molecule has 1 aliphatic heterocycles. The van der Waals surface area contributed by atoms with Crippen LogP contribution < -0.4 is 5.73 Å². The van der Waals surface area contributed by atoms with Crippen molar-refractivity contribution in [1.82, 2.24) is 19.4 Å². The predicted molar refractivity (Wildman–Crippen MR) is 95.6 cm³/mol. The number of aromatic nitrogens is 3. The molecule has 2 N–H and O–H groups in total. The molecule has 2 aromatic rings. The van der Waals surface area contributed by atoms with E-state index in [0.717, 1.165) is 20.6 Å². The van der Waals surface area contributed by atoms with Crippen LogP contribution in [-0.2, 0) is 0 Å². The molecule has 2 fully saturated rings. The standard InChI is InChI=1S/C14H18IN5S/c15-11-7-20(14-12(11)13(16)17-8-18-14)10-5-9(6-10)19-1-3-21-4-2-19/h7-10H,1-6H2,(H2,16,17,18). The zero-order valence-corrected chi connectivity index (χ0v) is 14.7. The zero-order valence-electron chi connectivity index (χ0n) is 11.7. The van der Waals surface area contributed by atoms with Gasteiger partial charge in [-0.25, -0.2) is 9.97 Å². The van der Waals surface area contributed by atoms with E-state index in [1.165, 1.54) is 37.4 Å². The summed E-state index contributed by atoms with van der Waals surface area (Å²) in [6, 6.07) is 1.31.